The molecule has 0 aliphatic carbocycles. The standard InChI is InChI=1S/C12H14ClN3O2S/c1-8(10-3-2-6-19-10)14-4-5-16-7-9(13)11(17)15-12(16)18/h2-3,6-8,14H,4-5H2,1H3,(H,15,17,18). The molecule has 0 radical (unpaired) electrons. The minimum atomic E-state index is -0.553. The largest absolute Gasteiger partial charge is 0.328 e. The average molecular weight is 300 g/mol. The minimum Gasteiger partial charge on any atom is -0.308 e. The van der Waals surface area contributed by atoms with Gasteiger partial charge < -0.3 is 5.32 Å². The van der Waals surface area contributed by atoms with E-state index in [2.05, 4.69) is 23.3 Å². The van der Waals surface area contributed by atoms with Gasteiger partial charge in [-0.1, -0.05) is 17.7 Å². The number of halogens is 1. The van der Waals surface area contributed by atoms with Crippen LogP contribution in [0.2, 0.25) is 5.02 Å². The number of hydrogen-bond acceptors (Lipinski definition) is 4. The predicted octanol–water partition coefficient (Wildman–Crippen LogP) is 1.60. The van der Waals surface area contributed by atoms with E-state index in [1.54, 1.807) is 11.3 Å². The molecule has 2 aromatic rings. The van der Waals surface area contributed by atoms with Crippen LogP contribution in [0.1, 0.15) is 17.8 Å². The third kappa shape index (κ3) is 3.56. The summed E-state index contributed by atoms with van der Waals surface area (Å²) in [6, 6.07) is 4.30. The Hall–Kier alpha value is -1.37. The van der Waals surface area contributed by atoms with Crippen LogP contribution < -0.4 is 16.6 Å². The fourth-order valence-electron chi connectivity index (χ4n) is 1.69. The first-order valence-corrected chi connectivity index (χ1v) is 7.09. The van der Waals surface area contributed by atoms with E-state index in [4.69, 9.17) is 11.6 Å². The van der Waals surface area contributed by atoms with Crippen LogP contribution in [0.3, 0.4) is 0 Å². The van der Waals surface area contributed by atoms with Crippen LogP contribution in [0.5, 0.6) is 0 Å². The van der Waals surface area contributed by atoms with Crippen LogP contribution in [-0.4, -0.2) is 16.1 Å². The molecular weight excluding hydrogens is 286 g/mol. The molecule has 5 nitrogen and oxygen atoms in total. The van der Waals surface area contributed by atoms with Crippen LogP contribution in [-0.2, 0) is 6.54 Å². The second-order valence-electron chi connectivity index (χ2n) is 4.12. The highest BCUT2D eigenvalue weighted by Crippen LogP contribution is 2.17. The first-order valence-electron chi connectivity index (χ1n) is 5.84. The molecule has 2 aromatic heterocycles. The quantitative estimate of drug-likeness (QED) is 0.881. The molecule has 0 aromatic carbocycles. The lowest BCUT2D eigenvalue weighted by Gasteiger charge is -2.12. The van der Waals surface area contributed by atoms with E-state index < -0.39 is 11.2 Å². The highest BCUT2D eigenvalue weighted by molar-refractivity contribution is 7.10. The van der Waals surface area contributed by atoms with E-state index in [-0.39, 0.29) is 11.1 Å². The number of nitrogens with zero attached hydrogens (tertiary/aromatic N) is 1. The monoisotopic (exact) mass is 299 g/mol. The number of aromatic amines is 1. The third-order valence-electron chi connectivity index (χ3n) is 2.74. The average Bonchev–Trinajstić information content (AvgIpc) is 2.89. The molecule has 2 heterocycles. The van der Waals surface area contributed by atoms with E-state index in [1.807, 2.05) is 11.4 Å². The number of nitrogens with one attached hydrogen (secondary N) is 2. The van der Waals surface area contributed by atoms with Crippen molar-refractivity contribution >= 4 is 22.9 Å². The van der Waals surface area contributed by atoms with Crippen molar-refractivity contribution in [2.45, 2.75) is 19.5 Å². The maximum Gasteiger partial charge on any atom is 0.328 e. The summed E-state index contributed by atoms with van der Waals surface area (Å²) in [5.41, 5.74) is -0.997. The van der Waals surface area contributed by atoms with Crippen molar-refractivity contribution in [2.75, 3.05) is 6.54 Å². The zero-order valence-corrected chi connectivity index (χ0v) is 11.9. The normalized spacial score (nSPS) is 12.5. The molecule has 1 unspecified atom stereocenters. The van der Waals surface area contributed by atoms with Crippen molar-refractivity contribution in [2.24, 2.45) is 0 Å². The van der Waals surface area contributed by atoms with Gasteiger partial charge in [-0.3, -0.25) is 14.3 Å². The van der Waals surface area contributed by atoms with Gasteiger partial charge in [0.05, 0.1) is 0 Å². The van der Waals surface area contributed by atoms with Gasteiger partial charge in [0.15, 0.2) is 0 Å². The van der Waals surface area contributed by atoms with E-state index in [0.717, 1.165) is 0 Å². The van der Waals surface area contributed by atoms with Crippen molar-refractivity contribution in [1.29, 1.82) is 0 Å². The van der Waals surface area contributed by atoms with Crippen molar-refractivity contribution in [3.8, 4) is 0 Å². The Bertz CT molecular complexity index is 648. The van der Waals surface area contributed by atoms with Crippen molar-refractivity contribution < 1.29 is 0 Å². The molecule has 0 bridgehead atoms. The molecule has 0 aliphatic heterocycles. The molecule has 0 spiro atoms. The molecule has 0 aliphatic rings. The Morgan fingerprint density at radius 1 is 1.53 bits per heavy atom. The lowest BCUT2D eigenvalue weighted by atomic mass is 10.3. The van der Waals surface area contributed by atoms with Crippen LogP contribution in [0.25, 0.3) is 0 Å². The molecule has 19 heavy (non-hydrogen) atoms. The Morgan fingerprint density at radius 3 is 3.00 bits per heavy atom. The number of rotatable bonds is 5. The summed E-state index contributed by atoms with van der Waals surface area (Å²) < 4.78 is 1.39. The topological polar surface area (TPSA) is 66.9 Å². The van der Waals surface area contributed by atoms with Crippen molar-refractivity contribution in [1.82, 2.24) is 14.9 Å². The van der Waals surface area contributed by atoms with Gasteiger partial charge in [-0.05, 0) is 18.4 Å². The summed E-state index contributed by atoms with van der Waals surface area (Å²) >= 11 is 7.37. The number of thiophene rings is 1. The predicted molar refractivity (Wildman–Crippen MR) is 77.1 cm³/mol. The number of H-pyrrole nitrogens is 1. The lowest BCUT2D eigenvalue weighted by molar-refractivity contribution is 0.524. The van der Waals surface area contributed by atoms with E-state index in [1.165, 1.54) is 15.6 Å². The van der Waals surface area contributed by atoms with Gasteiger partial charge in [0.25, 0.3) is 5.56 Å². The number of aromatic nitrogens is 2. The molecule has 0 fully saturated rings. The summed E-state index contributed by atoms with van der Waals surface area (Å²) in [6.45, 7) is 3.13. The third-order valence-corrected chi connectivity index (χ3v) is 4.06. The molecule has 0 amide bonds. The first kappa shape index (κ1) is 14.0. The number of hydrogen-bond donors (Lipinski definition) is 2. The van der Waals surface area contributed by atoms with Gasteiger partial charge in [-0.2, -0.15) is 0 Å². The second kappa shape index (κ2) is 6.18. The summed E-state index contributed by atoms with van der Waals surface area (Å²) in [4.78, 5) is 26.0. The summed E-state index contributed by atoms with van der Waals surface area (Å²) in [5, 5.41) is 5.36. The zero-order valence-electron chi connectivity index (χ0n) is 10.4. The van der Waals surface area contributed by atoms with Gasteiger partial charge in [0.1, 0.15) is 5.02 Å². The molecular formula is C12H14ClN3O2S. The lowest BCUT2D eigenvalue weighted by Crippen LogP contribution is -2.33. The van der Waals surface area contributed by atoms with Crippen LogP contribution in [0.4, 0.5) is 0 Å². The molecule has 0 saturated heterocycles. The fraction of sp³-hybridized carbons (Fsp3) is 0.333. The second-order valence-corrected chi connectivity index (χ2v) is 5.51. The van der Waals surface area contributed by atoms with Crippen molar-refractivity contribution in [3.05, 3.63) is 54.4 Å². The van der Waals surface area contributed by atoms with Crippen LogP contribution >= 0.6 is 22.9 Å². The van der Waals surface area contributed by atoms with Gasteiger partial charge in [0.2, 0.25) is 0 Å². The Morgan fingerprint density at radius 2 is 2.32 bits per heavy atom. The molecule has 2 N–H and O–H groups in total. The van der Waals surface area contributed by atoms with E-state index in [0.29, 0.717) is 13.1 Å². The summed E-state index contributed by atoms with van der Waals surface area (Å²) in [7, 11) is 0. The highest BCUT2D eigenvalue weighted by atomic mass is 35.5. The minimum absolute atomic E-state index is 0.0194. The van der Waals surface area contributed by atoms with Gasteiger partial charge in [-0.25, -0.2) is 4.79 Å². The van der Waals surface area contributed by atoms with Gasteiger partial charge >= 0.3 is 5.69 Å². The zero-order chi connectivity index (χ0) is 13.8. The Balaban J connectivity index is 1.95. The summed E-state index contributed by atoms with van der Waals surface area (Å²) in [6.07, 6.45) is 1.36. The maximum absolute atomic E-state index is 11.5. The maximum atomic E-state index is 11.5. The van der Waals surface area contributed by atoms with E-state index >= 15 is 0 Å². The Labute approximate surface area is 118 Å². The molecule has 2 rings (SSSR count). The van der Waals surface area contributed by atoms with Gasteiger partial charge in [-0.15, -0.1) is 11.3 Å². The fourth-order valence-corrected chi connectivity index (χ4v) is 2.61. The molecule has 102 valence electrons. The van der Waals surface area contributed by atoms with Crippen molar-refractivity contribution in [3.63, 3.8) is 0 Å². The van der Waals surface area contributed by atoms with Crippen LogP contribution in [0, 0.1) is 0 Å². The SMILES string of the molecule is CC(NCCn1cc(Cl)c(=O)[nH]c1=O)c1cccs1. The molecule has 7 heteroatoms. The van der Waals surface area contributed by atoms with Crippen LogP contribution in [0.15, 0.2) is 33.3 Å². The molecule has 1 atom stereocenters. The summed E-state index contributed by atoms with van der Waals surface area (Å²) in [5.74, 6) is 0. The smallest absolute Gasteiger partial charge is 0.308 e. The highest BCUT2D eigenvalue weighted by Gasteiger charge is 2.06. The first-order chi connectivity index (χ1) is 9.08. The molecule has 0 saturated carbocycles. The Kier molecular flexibility index (Phi) is 4.57. The van der Waals surface area contributed by atoms with E-state index in [9.17, 15) is 9.59 Å². The van der Waals surface area contributed by atoms with Gasteiger partial charge in [0, 0.05) is 30.2 Å².